The number of unbranched alkanes of at least 4 members (excludes halogenated alkanes) is 3. The molecule has 1 fully saturated rings. The highest BCUT2D eigenvalue weighted by atomic mass is 16.7. The summed E-state index contributed by atoms with van der Waals surface area (Å²) in [5, 5.41) is 10.5. The second-order valence-corrected chi connectivity index (χ2v) is 6.79. The predicted octanol–water partition coefficient (Wildman–Crippen LogP) is 3.30. The third kappa shape index (κ3) is 8.19. The van der Waals surface area contributed by atoms with E-state index in [9.17, 15) is 5.11 Å². The highest BCUT2D eigenvalue weighted by Gasteiger charge is 2.47. The van der Waals surface area contributed by atoms with E-state index in [1.54, 1.807) is 0 Å². The molecule has 0 spiro atoms. The largest absolute Gasteiger partial charge is 0.379 e. The van der Waals surface area contributed by atoms with Crippen molar-refractivity contribution in [3.63, 3.8) is 0 Å². The van der Waals surface area contributed by atoms with Crippen LogP contribution in [0, 0.1) is 0 Å². The lowest BCUT2D eigenvalue weighted by atomic mass is 9.98. The molecule has 6 nitrogen and oxygen atoms in total. The molecule has 0 radical (unpaired) electrons. The van der Waals surface area contributed by atoms with Crippen LogP contribution in [0.15, 0.2) is 0 Å². The molecule has 5 atom stereocenters. The monoisotopic (exact) mass is 376 g/mol. The summed E-state index contributed by atoms with van der Waals surface area (Å²) in [5.74, 6) is 0. The van der Waals surface area contributed by atoms with Crippen LogP contribution in [0.3, 0.4) is 0 Å². The van der Waals surface area contributed by atoms with Crippen LogP contribution in [-0.4, -0.2) is 68.8 Å². The van der Waals surface area contributed by atoms with E-state index < -0.39 is 12.4 Å². The number of ether oxygens (including phenoxy) is 5. The summed E-state index contributed by atoms with van der Waals surface area (Å²) in [6, 6.07) is 0. The van der Waals surface area contributed by atoms with Crippen molar-refractivity contribution in [1.82, 2.24) is 0 Å². The maximum absolute atomic E-state index is 10.5. The Labute approximate surface area is 159 Å². The highest BCUT2D eigenvalue weighted by molar-refractivity contribution is 4.92. The third-order valence-electron chi connectivity index (χ3n) is 4.52. The summed E-state index contributed by atoms with van der Waals surface area (Å²) >= 11 is 0. The van der Waals surface area contributed by atoms with Crippen LogP contribution in [-0.2, 0) is 23.7 Å². The van der Waals surface area contributed by atoms with E-state index in [0.29, 0.717) is 33.0 Å². The molecule has 0 amide bonds. The van der Waals surface area contributed by atoms with E-state index in [4.69, 9.17) is 23.7 Å². The van der Waals surface area contributed by atoms with Crippen molar-refractivity contribution in [2.75, 3.05) is 33.0 Å². The Hall–Kier alpha value is -0.240. The zero-order chi connectivity index (χ0) is 19.2. The molecule has 1 saturated heterocycles. The van der Waals surface area contributed by atoms with Gasteiger partial charge in [0.05, 0.1) is 6.61 Å². The number of hydrogen-bond acceptors (Lipinski definition) is 6. The molecular weight excluding hydrogens is 336 g/mol. The van der Waals surface area contributed by atoms with Crippen molar-refractivity contribution in [3.05, 3.63) is 0 Å². The molecule has 0 bridgehead atoms. The Morgan fingerprint density at radius 1 is 0.731 bits per heavy atom. The molecule has 1 aliphatic heterocycles. The van der Waals surface area contributed by atoms with Crippen LogP contribution in [0.2, 0.25) is 0 Å². The van der Waals surface area contributed by atoms with Gasteiger partial charge < -0.3 is 28.8 Å². The lowest BCUT2D eigenvalue weighted by Gasteiger charge is -2.44. The van der Waals surface area contributed by atoms with Gasteiger partial charge in [-0.05, 0) is 26.2 Å². The predicted molar refractivity (Wildman–Crippen MR) is 101 cm³/mol. The standard InChI is InChI=1S/C20H40O6/c1-5-9-12-23-17-16(15-22-8-4)26-20(21)19(25-14-11-7-3)18(17)24-13-10-6-2/h16-21H,5-15H2,1-4H3/t16?,17-,18-,19?,20-/m0/s1. The summed E-state index contributed by atoms with van der Waals surface area (Å²) in [7, 11) is 0. The molecule has 26 heavy (non-hydrogen) atoms. The lowest BCUT2D eigenvalue weighted by molar-refractivity contribution is -0.312. The quantitative estimate of drug-likeness (QED) is 0.442. The highest BCUT2D eigenvalue weighted by Crippen LogP contribution is 2.28. The summed E-state index contributed by atoms with van der Waals surface area (Å²) in [4.78, 5) is 0. The van der Waals surface area contributed by atoms with Crippen LogP contribution < -0.4 is 0 Å². The summed E-state index contributed by atoms with van der Waals surface area (Å²) in [6.07, 6.45) is 3.43. The second kappa shape index (κ2) is 14.8. The first kappa shape index (κ1) is 23.8. The molecule has 2 unspecified atom stereocenters. The lowest BCUT2D eigenvalue weighted by Crippen LogP contribution is -2.61. The molecule has 0 saturated carbocycles. The Balaban J connectivity index is 2.86. The maximum Gasteiger partial charge on any atom is 0.184 e. The fraction of sp³-hybridized carbons (Fsp3) is 1.00. The van der Waals surface area contributed by atoms with Gasteiger partial charge in [-0.1, -0.05) is 40.0 Å². The number of hydrogen-bond donors (Lipinski definition) is 1. The molecule has 0 aromatic heterocycles. The number of aliphatic hydroxyl groups is 1. The van der Waals surface area contributed by atoms with Gasteiger partial charge in [-0.25, -0.2) is 0 Å². The van der Waals surface area contributed by atoms with Crippen molar-refractivity contribution >= 4 is 0 Å². The first-order chi connectivity index (χ1) is 12.7. The molecule has 1 aliphatic rings. The topological polar surface area (TPSA) is 66.4 Å². The van der Waals surface area contributed by atoms with Crippen LogP contribution in [0.25, 0.3) is 0 Å². The van der Waals surface area contributed by atoms with Gasteiger partial charge in [0.2, 0.25) is 0 Å². The van der Waals surface area contributed by atoms with E-state index in [1.165, 1.54) is 0 Å². The van der Waals surface area contributed by atoms with E-state index in [0.717, 1.165) is 38.5 Å². The fourth-order valence-electron chi connectivity index (χ4n) is 2.92. The SMILES string of the molecule is CCCCOC1[C@@H](OCCCC)[C@@H](OCCCC)C(COCC)O[C@@H]1O. The average Bonchev–Trinajstić information content (AvgIpc) is 2.64. The van der Waals surface area contributed by atoms with E-state index in [2.05, 4.69) is 20.8 Å². The Kier molecular flexibility index (Phi) is 13.5. The Bertz CT molecular complexity index is 327. The minimum atomic E-state index is -1.03. The van der Waals surface area contributed by atoms with Gasteiger partial charge in [0.15, 0.2) is 6.29 Å². The maximum atomic E-state index is 10.5. The third-order valence-corrected chi connectivity index (χ3v) is 4.52. The van der Waals surface area contributed by atoms with Gasteiger partial charge in [-0.15, -0.1) is 0 Å². The average molecular weight is 377 g/mol. The van der Waals surface area contributed by atoms with Gasteiger partial charge in [0.25, 0.3) is 0 Å². The first-order valence-corrected chi connectivity index (χ1v) is 10.5. The zero-order valence-electron chi connectivity index (χ0n) is 17.2. The number of rotatable bonds is 15. The van der Waals surface area contributed by atoms with Crippen molar-refractivity contribution in [1.29, 1.82) is 0 Å². The van der Waals surface area contributed by atoms with Gasteiger partial charge in [-0.2, -0.15) is 0 Å². The minimum Gasteiger partial charge on any atom is -0.379 e. The van der Waals surface area contributed by atoms with Gasteiger partial charge in [0.1, 0.15) is 24.4 Å². The fourth-order valence-corrected chi connectivity index (χ4v) is 2.92. The molecule has 1 heterocycles. The normalized spacial score (nSPS) is 29.2. The second-order valence-electron chi connectivity index (χ2n) is 6.79. The Morgan fingerprint density at radius 3 is 1.73 bits per heavy atom. The smallest absolute Gasteiger partial charge is 0.184 e. The van der Waals surface area contributed by atoms with Gasteiger partial charge in [0, 0.05) is 26.4 Å². The molecule has 156 valence electrons. The summed E-state index contributed by atoms with van der Waals surface area (Å²) in [6.45, 7) is 11.1. The van der Waals surface area contributed by atoms with Gasteiger partial charge in [-0.3, -0.25) is 0 Å². The number of aliphatic hydroxyl groups excluding tert-OH is 1. The molecule has 0 aromatic carbocycles. The van der Waals surface area contributed by atoms with E-state index in [-0.39, 0.29) is 18.3 Å². The molecule has 0 aliphatic carbocycles. The summed E-state index contributed by atoms with van der Waals surface area (Å²) in [5.41, 5.74) is 0. The van der Waals surface area contributed by atoms with Gasteiger partial charge >= 0.3 is 0 Å². The Morgan fingerprint density at radius 2 is 1.23 bits per heavy atom. The first-order valence-electron chi connectivity index (χ1n) is 10.5. The molecule has 0 aromatic rings. The zero-order valence-corrected chi connectivity index (χ0v) is 17.2. The van der Waals surface area contributed by atoms with E-state index in [1.807, 2.05) is 6.92 Å². The van der Waals surface area contributed by atoms with Crippen molar-refractivity contribution in [2.45, 2.75) is 96.9 Å². The van der Waals surface area contributed by atoms with Crippen LogP contribution in [0.1, 0.15) is 66.2 Å². The molecule has 1 N–H and O–H groups in total. The molecule has 6 heteroatoms. The van der Waals surface area contributed by atoms with Crippen molar-refractivity contribution in [2.24, 2.45) is 0 Å². The van der Waals surface area contributed by atoms with E-state index >= 15 is 0 Å². The van der Waals surface area contributed by atoms with Crippen molar-refractivity contribution < 1.29 is 28.8 Å². The van der Waals surface area contributed by atoms with Crippen LogP contribution >= 0.6 is 0 Å². The van der Waals surface area contributed by atoms with Crippen LogP contribution in [0.5, 0.6) is 0 Å². The molecular formula is C20H40O6. The minimum absolute atomic E-state index is 0.306. The summed E-state index contributed by atoms with van der Waals surface area (Å²) < 4.78 is 29.6. The van der Waals surface area contributed by atoms with Crippen LogP contribution in [0.4, 0.5) is 0 Å². The van der Waals surface area contributed by atoms with Crippen molar-refractivity contribution in [3.8, 4) is 0 Å². The molecule has 1 rings (SSSR count).